The molecule has 0 aromatic heterocycles. The molecule has 0 unspecified atom stereocenters. The van der Waals surface area contributed by atoms with E-state index in [1.165, 1.54) is 13.2 Å². The minimum absolute atomic E-state index is 0.119. The van der Waals surface area contributed by atoms with Crippen LogP contribution in [0.2, 0.25) is 0 Å². The van der Waals surface area contributed by atoms with Crippen LogP contribution in [-0.4, -0.2) is 38.4 Å². The third kappa shape index (κ3) is 3.00. The van der Waals surface area contributed by atoms with E-state index in [4.69, 9.17) is 4.74 Å². The minimum atomic E-state index is -3.57. The van der Waals surface area contributed by atoms with Crippen molar-refractivity contribution in [1.82, 2.24) is 4.31 Å². The number of sulfonamides is 1. The van der Waals surface area contributed by atoms with Crippen LogP contribution in [0, 0.1) is 5.92 Å². The lowest BCUT2D eigenvalue weighted by atomic mass is 9.99. The maximum absolute atomic E-state index is 12.0. The zero-order valence-electron chi connectivity index (χ0n) is 10.9. The molecule has 1 heterocycles. The molecule has 0 aromatic carbocycles. The molecule has 0 spiro atoms. The van der Waals surface area contributed by atoms with Crippen molar-refractivity contribution >= 4 is 16.0 Å². The van der Waals surface area contributed by atoms with Crippen LogP contribution in [0.25, 0.3) is 0 Å². The van der Waals surface area contributed by atoms with Crippen molar-refractivity contribution in [2.24, 2.45) is 5.92 Å². The Morgan fingerprint density at radius 1 is 1.61 bits per heavy atom. The fourth-order valence-corrected chi connectivity index (χ4v) is 3.31. The second-order valence-electron chi connectivity index (χ2n) is 4.40. The lowest BCUT2D eigenvalue weighted by molar-refractivity contribution is -0.146. The Hall–Kier alpha value is -1.14. The summed E-state index contributed by atoms with van der Waals surface area (Å²) in [6.07, 6.45) is 2.14. The molecule has 0 saturated heterocycles. The summed E-state index contributed by atoms with van der Waals surface area (Å²) >= 11 is 0. The molecule has 0 radical (unpaired) electrons. The summed E-state index contributed by atoms with van der Waals surface area (Å²) in [5.41, 5.74) is 0.655. The summed E-state index contributed by atoms with van der Waals surface area (Å²) in [4.78, 5) is 11.8. The van der Waals surface area contributed by atoms with Crippen LogP contribution in [-0.2, 0) is 19.6 Å². The van der Waals surface area contributed by atoms with E-state index in [1.54, 1.807) is 0 Å². The fraction of sp³-hybridized carbons (Fsp3) is 0.583. The number of ether oxygens (including phenoxy) is 1. The highest BCUT2D eigenvalue weighted by molar-refractivity contribution is 7.92. The molecule has 2 atom stereocenters. The molecular formula is C12H19NO4S. The van der Waals surface area contributed by atoms with E-state index < -0.39 is 22.0 Å². The van der Waals surface area contributed by atoms with E-state index in [1.807, 2.05) is 13.8 Å². The molecule has 0 fully saturated rings. The monoisotopic (exact) mass is 273 g/mol. The second-order valence-corrected chi connectivity index (χ2v) is 6.18. The van der Waals surface area contributed by atoms with Gasteiger partial charge in [-0.2, -0.15) is 4.31 Å². The van der Waals surface area contributed by atoms with Crippen molar-refractivity contribution in [1.29, 1.82) is 0 Å². The van der Waals surface area contributed by atoms with Gasteiger partial charge in [0.1, 0.15) is 6.04 Å². The first-order chi connectivity index (χ1) is 8.33. The van der Waals surface area contributed by atoms with Gasteiger partial charge in [-0.1, -0.05) is 26.8 Å². The predicted octanol–water partition coefficient (Wildman–Crippen LogP) is 1.29. The number of hydrogen-bond acceptors (Lipinski definition) is 4. The van der Waals surface area contributed by atoms with E-state index in [0.717, 1.165) is 9.71 Å². The Kier molecular flexibility index (Phi) is 4.70. The van der Waals surface area contributed by atoms with Gasteiger partial charge < -0.3 is 4.74 Å². The van der Waals surface area contributed by atoms with Crippen molar-refractivity contribution in [3.63, 3.8) is 0 Å². The highest BCUT2D eigenvalue weighted by Gasteiger charge is 2.38. The molecule has 1 aliphatic rings. The summed E-state index contributed by atoms with van der Waals surface area (Å²) < 4.78 is 29.9. The Labute approximate surface area is 108 Å². The maximum Gasteiger partial charge on any atom is 0.324 e. The van der Waals surface area contributed by atoms with Crippen molar-refractivity contribution in [3.05, 3.63) is 23.6 Å². The Bertz CT molecular complexity index is 466. The molecule has 0 amide bonds. The van der Waals surface area contributed by atoms with E-state index >= 15 is 0 Å². The van der Waals surface area contributed by atoms with Gasteiger partial charge in [0.2, 0.25) is 10.0 Å². The van der Waals surface area contributed by atoms with E-state index in [9.17, 15) is 13.2 Å². The highest BCUT2D eigenvalue weighted by atomic mass is 32.2. The van der Waals surface area contributed by atoms with E-state index in [-0.39, 0.29) is 12.5 Å². The first-order valence-electron chi connectivity index (χ1n) is 5.79. The van der Waals surface area contributed by atoms with Crippen LogP contribution >= 0.6 is 0 Å². The number of methoxy groups -OCH3 is 1. The number of hydrogen-bond donors (Lipinski definition) is 0. The molecule has 102 valence electrons. The lowest BCUT2D eigenvalue weighted by Crippen LogP contribution is -2.50. The average Bonchev–Trinajstić information content (AvgIpc) is 2.33. The molecule has 5 nitrogen and oxygen atoms in total. The van der Waals surface area contributed by atoms with Crippen molar-refractivity contribution in [3.8, 4) is 0 Å². The van der Waals surface area contributed by atoms with Crippen molar-refractivity contribution in [2.75, 3.05) is 13.7 Å². The number of nitrogens with zero attached hydrogens (tertiary/aromatic N) is 1. The molecule has 18 heavy (non-hydrogen) atoms. The number of esters is 1. The molecule has 0 saturated carbocycles. The van der Waals surface area contributed by atoms with Gasteiger partial charge in [-0.15, -0.1) is 0 Å². The van der Waals surface area contributed by atoms with Gasteiger partial charge in [-0.3, -0.25) is 4.79 Å². The molecule has 0 aromatic rings. The van der Waals surface area contributed by atoms with Crippen LogP contribution in [0.15, 0.2) is 23.6 Å². The molecule has 0 N–H and O–H groups in total. The molecular weight excluding hydrogens is 254 g/mol. The van der Waals surface area contributed by atoms with Crippen molar-refractivity contribution in [2.45, 2.75) is 26.3 Å². The number of carbonyl (C=O) groups excluding carboxylic acids is 1. The summed E-state index contributed by atoms with van der Waals surface area (Å²) in [6.45, 7) is 7.60. The zero-order valence-corrected chi connectivity index (χ0v) is 11.7. The zero-order chi connectivity index (χ0) is 13.9. The third-order valence-corrected chi connectivity index (χ3v) is 4.59. The molecule has 6 heteroatoms. The number of rotatable bonds is 4. The van der Waals surface area contributed by atoms with Crippen molar-refractivity contribution < 1.29 is 17.9 Å². The van der Waals surface area contributed by atoms with E-state index in [0.29, 0.717) is 12.0 Å². The van der Waals surface area contributed by atoms with Gasteiger partial charge in [0.05, 0.1) is 7.11 Å². The predicted molar refractivity (Wildman–Crippen MR) is 69.2 cm³/mol. The second kappa shape index (κ2) is 5.67. The Morgan fingerprint density at radius 3 is 2.72 bits per heavy atom. The fourth-order valence-electron chi connectivity index (χ4n) is 1.84. The minimum Gasteiger partial charge on any atom is -0.468 e. The lowest BCUT2D eigenvalue weighted by Gasteiger charge is -2.33. The standard InChI is InChI=1S/C12H19NO4S/c1-5-10(3)11(12(14)17-4)13-8-9(2)6-7-18(13,15)16/h6-7,10-11H,2,5,8H2,1,3-4H3/t10-,11+/m0/s1. The summed E-state index contributed by atoms with van der Waals surface area (Å²) in [7, 11) is -2.31. The normalized spacial score (nSPS) is 22.5. The van der Waals surface area contributed by atoms with Gasteiger partial charge in [0, 0.05) is 12.0 Å². The largest absolute Gasteiger partial charge is 0.468 e. The Morgan fingerprint density at radius 2 is 2.22 bits per heavy atom. The molecule has 1 rings (SSSR count). The maximum atomic E-state index is 12.0. The van der Waals surface area contributed by atoms with Crippen LogP contribution in [0.4, 0.5) is 0 Å². The van der Waals surface area contributed by atoms with Gasteiger partial charge in [-0.05, 0) is 17.6 Å². The molecule has 0 aliphatic carbocycles. The molecule has 0 bridgehead atoms. The van der Waals surface area contributed by atoms with Gasteiger partial charge in [-0.25, -0.2) is 8.42 Å². The summed E-state index contributed by atoms with van der Waals surface area (Å²) in [5, 5.41) is 1.08. The van der Waals surface area contributed by atoms with Crippen LogP contribution in [0.1, 0.15) is 20.3 Å². The SMILES string of the molecule is C=C1C=CS(=O)(=O)N([C@@H](C(=O)OC)[C@@H](C)CC)C1. The highest BCUT2D eigenvalue weighted by Crippen LogP contribution is 2.24. The average molecular weight is 273 g/mol. The van der Waals surface area contributed by atoms with Crippen LogP contribution in [0.5, 0.6) is 0 Å². The first-order valence-corrected chi connectivity index (χ1v) is 7.29. The van der Waals surface area contributed by atoms with Crippen LogP contribution < -0.4 is 0 Å². The van der Waals surface area contributed by atoms with E-state index in [2.05, 4.69) is 6.58 Å². The topological polar surface area (TPSA) is 63.7 Å². The van der Waals surface area contributed by atoms with Gasteiger partial charge >= 0.3 is 5.97 Å². The first kappa shape index (κ1) is 14.9. The van der Waals surface area contributed by atoms with Crippen LogP contribution in [0.3, 0.4) is 0 Å². The smallest absolute Gasteiger partial charge is 0.324 e. The quantitative estimate of drug-likeness (QED) is 0.724. The number of carbonyl (C=O) groups is 1. The van der Waals surface area contributed by atoms with Gasteiger partial charge in [0.25, 0.3) is 0 Å². The third-order valence-electron chi connectivity index (χ3n) is 3.10. The summed E-state index contributed by atoms with van der Waals surface area (Å²) in [6, 6.07) is -0.799. The Balaban J connectivity index is 3.16. The summed E-state index contributed by atoms with van der Waals surface area (Å²) in [5.74, 6) is -0.650. The van der Waals surface area contributed by atoms with Gasteiger partial charge in [0.15, 0.2) is 0 Å². The molecule has 1 aliphatic heterocycles.